The molecule has 1 amide bonds. The van der Waals surface area contributed by atoms with Crippen LogP contribution in [0.2, 0.25) is 5.15 Å². The molecule has 0 aliphatic heterocycles. The number of nitrogens with zero attached hydrogens (tertiary/aromatic N) is 2. The van der Waals surface area contributed by atoms with Gasteiger partial charge in [-0.15, -0.1) is 0 Å². The molecule has 1 aromatic heterocycles. The average molecular weight is 291 g/mol. The first kappa shape index (κ1) is 14.3. The number of rotatable bonds is 3. The summed E-state index contributed by atoms with van der Waals surface area (Å²) >= 11 is 5.93. The lowest BCUT2D eigenvalue weighted by molar-refractivity contribution is 0.102. The van der Waals surface area contributed by atoms with Gasteiger partial charge in [-0.25, -0.2) is 9.97 Å². The molecule has 1 heterocycles. The van der Waals surface area contributed by atoms with Crippen molar-refractivity contribution in [1.29, 1.82) is 0 Å². The zero-order valence-electron chi connectivity index (χ0n) is 11.2. The SMILES string of the molecule is CC(C)c1nc(Cl)cc(NC(=O)c2cccc(N)c2)n1. The maximum absolute atomic E-state index is 12.1. The van der Waals surface area contributed by atoms with Gasteiger partial charge in [0.15, 0.2) is 0 Å². The monoisotopic (exact) mass is 290 g/mol. The van der Waals surface area contributed by atoms with Gasteiger partial charge >= 0.3 is 0 Å². The molecule has 104 valence electrons. The lowest BCUT2D eigenvalue weighted by Gasteiger charge is -2.09. The summed E-state index contributed by atoms with van der Waals surface area (Å²) in [7, 11) is 0. The van der Waals surface area contributed by atoms with Gasteiger partial charge in [0.2, 0.25) is 0 Å². The second-order valence-corrected chi connectivity index (χ2v) is 5.06. The summed E-state index contributed by atoms with van der Waals surface area (Å²) in [6.07, 6.45) is 0. The number of aromatic nitrogens is 2. The molecule has 3 N–H and O–H groups in total. The molecule has 2 rings (SSSR count). The van der Waals surface area contributed by atoms with Crippen LogP contribution < -0.4 is 11.1 Å². The highest BCUT2D eigenvalue weighted by Gasteiger charge is 2.11. The molecule has 0 fully saturated rings. The number of halogens is 1. The van der Waals surface area contributed by atoms with Crippen LogP contribution in [-0.4, -0.2) is 15.9 Å². The molecule has 0 radical (unpaired) electrons. The van der Waals surface area contributed by atoms with Gasteiger partial charge in [-0.3, -0.25) is 4.79 Å². The first-order chi connectivity index (χ1) is 9.45. The van der Waals surface area contributed by atoms with Crippen LogP contribution >= 0.6 is 11.6 Å². The number of anilines is 2. The van der Waals surface area contributed by atoms with Gasteiger partial charge in [-0.05, 0) is 18.2 Å². The minimum atomic E-state index is -0.290. The molecular formula is C14H15ClN4O. The van der Waals surface area contributed by atoms with E-state index >= 15 is 0 Å². The van der Waals surface area contributed by atoms with E-state index in [-0.39, 0.29) is 11.8 Å². The summed E-state index contributed by atoms with van der Waals surface area (Å²) in [5, 5.41) is 2.99. The first-order valence-electron chi connectivity index (χ1n) is 6.17. The van der Waals surface area contributed by atoms with Gasteiger partial charge in [-0.1, -0.05) is 31.5 Å². The highest BCUT2D eigenvalue weighted by molar-refractivity contribution is 6.29. The molecule has 0 unspecified atom stereocenters. The zero-order chi connectivity index (χ0) is 14.7. The summed E-state index contributed by atoms with van der Waals surface area (Å²) in [4.78, 5) is 20.5. The molecular weight excluding hydrogens is 276 g/mol. The molecule has 2 aromatic rings. The Balaban J connectivity index is 2.23. The third kappa shape index (κ3) is 3.45. The van der Waals surface area contributed by atoms with Crippen LogP contribution in [0, 0.1) is 0 Å². The molecule has 0 saturated carbocycles. The minimum absolute atomic E-state index is 0.122. The van der Waals surface area contributed by atoms with E-state index in [9.17, 15) is 4.79 Å². The Bertz CT molecular complexity index is 643. The number of nitrogens with one attached hydrogen (secondary N) is 1. The van der Waals surface area contributed by atoms with Crippen LogP contribution in [0.5, 0.6) is 0 Å². The Morgan fingerprint density at radius 3 is 2.70 bits per heavy atom. The third-order valence-corrected chi connectivity index (χ3v) is 2.81. The van der Waals surface area contributed by atoms with Crippen LogP contribution in [-0.2, 0) is 0 Å². The van der Waals surface area contributed by atoms with Crippen molar-refractivity contribution in [2.75, 3.05) is 11.1 Å². The van der Waals surface area contributed by atoms with Crippen LogP contribution in [0.15, 0.2) is 30.3 Å². The van der Waals surface area contributed by atoms with Gasteiger partial charge in [0.05, 0.1) is 0 Å². The predicted octanol–water partition coefficient (Wildman–Crippen LogP) is 3.09. The predicted molar refractivity (Wildman–Crippen MR) is 79.9 cm³/mol. The Kier molecular flexibility index (Phi) is 4.20. The fraction of sp³-hybridized carbons (Fsp3) is 0.214. The molecule has 0 bridgehead atoms. The fourth-order valence-corrected chi connectivity index (χ4v) is 1.82. The maximum Gasteiger partial charge on any atom is 0.256 e. The first-order valence-corrected chi connectivity index (χ1v) is 6.55. The lowest BCUT2D eigenvalue weighted by atomic mass is 10.2. The highest BCUT2D eigenvalue weighted by Crippen LogP contribution is 2.18. The highest BCUT2D eigenvalue weighted by atomic mass is 35.5. The quantitative estimate of drug-likeness (QED) is 0.672. The molecule has 5 nitrogen and oxygen atoms in total. The molecule has 1 aromatic carbocycles. The Hall–Kier alpha value is -2.14. The van der Waals surface area contributed by atoms with Crippen molar-refractivity contribution in [3.8, 4) is 0 Å². The molecule has 0 spiro atoms. The van der Waals surface area contributed by atoms with Crippen LogP contribution in [0.4, 0.5) is 11.5 Å². The molecule has 0 atom stereocenters. The molecule has 6 heteroatoms. The number of carbonyl (C=O) groups excluding carboxylic acids is 1. The van der Waals surface area contributed by atoms with Crippen LogP contribution in [0.1, 0.15) is 35.9 Å². The van der Waals surface area contributed by atoms with Gasteiger partial charge < -0.3 is 11.1 Å². The summed E-state index contributed by atoms with van der Waals surface area (Å²) in [5.41, 5.74) is 6.64. The van der Waals surface area contributed by atoms with Crippen LogP contribution in [0.3, 0.4) is 0 Å². The van der Waals surface area contributed by atoms with E-state index in [2.05, 4.69) is 15.3 Å². The number of benzene rings is 1. The van der Waals surface area contributed by atoms with Gasteiger partial charge in [-0.2, -0.15) is 0 Å². The topological polar surface area (TPSA) is 80.9 Å². The van der Waals surface area contributed by atoms with Gasteiger partial charge in [0.25, 0.3) is 5.91 Å². The van der Waals surface area contributed by atoms with E-state index in [0.29, 0.717) is 28.0 Å². The van der Waals surface area contributed by atoms with E-state index in [1.165, 1.54) is 6.07 Å². The number of nitrogens with two attached hydrogens (primary N) is 1. The fourth-order valence-electron chi connectivity index (χ4n) is 1.63. The molecule has 20 heavy (non-hydrogen) atoms. The lowest BCUT2D eigenvalue weighted by Crippen LogP contribution is -2.14. The molecule has 0 aliphatic rings. The van der Waals surface area contributed by atoms with Crippen molar-refractivity contribution in [3.63, 3.8) is 0 Å². The standard InChI is InChI=1S/C14H15ClN4O/c1-8(2)13-17-11(15)7-12(18-13)19-14(20)9-4-3-5-10(16)6-9/h3-8H,16H2,1-2H3,(H,17,18,19,20). The van der Waals surface area contributed by atoms with Crippen LogP contribution in [0.25, 0.3) is 0 Å². The Morgan fingerprint density at radius 1 is 1.30 bits per heavy atom. The Labute approximate surface area is 122 Å². The summed E-state index contributed by atoms with van der Waals surface area (Å²) < 4.78 is 0. The number of amides is 1. The van der Waals surface area contributed by atoms with Crippen molar-refractivity contribution in [2.24, 2.45) is 0 Å². The van der Waals surface area contributed by atoms with Gasteiger partial charge in [0, 0.05) is 23.2 Å². The normalized spacial score (nSPS) is 10.6. The van der Waals surface area contributed by atoms with E-state index < -0.39 is 0 Å². The van der Waals surface area contributed by atoms with E-state index in [0.717, 1.165) is 0 Å². The zero-order valence-corrected chi connectivity index (χ0v) is 12.0. The van der Waals surface area contributed by atoms with Crippen molar-refractivity contribution in [2.45, 2.75) is 19.8 Å². The largest absolute Gasteiger partial charge is 0.399 e. The van der Waals surface area contributed by atoms with E-state index in [4.69, 9.17) is 17.3 Å². The maximum atomic E-state index is 12.1. The second-order valence-electron chi connectivity index (χ2n) is 4.67. The summed E-state index contributed by atoms with van der Waals surface area (Å²) in [6.45, 7) is 3.91. The van der Waals surface area contributed by atoms with E-state index in [1.807, 2.05) is 13.8 Å². The van der Waals surface area contributed by atoms with Crippen molar-refractivity contribution >= 4 is 29.0 Å². The molecule has 0 aliphatic carbocycles. The minimum Gasteiger partial charge on any atom is -0.399 e. The number of hydrogen-bond acceptors (Lipinski definition) is 4. The molecule has 0 saturated heterocycles. The number of nitrogen functional groups attached to an aromatic ring is 1. The summed E-state index contributed by atoms with van der Waals surface area (Å²) in [6, 6.07) is 8.23. The van der Waals surface area contributed by atoms with Crippen molar-refractivity contribution in [3.05, 3.63) is 46.9 Å². The second kappa shape index (κ2) is 5.88. The van der Waals surface area contributed by atoms with Crippen molar-refractivity contribution in [1.82, 2.24) is 9.97 Å². The number of carbonyl (C=O) groups is 1. The third-order valence-electron chi connectivity index (χ3n) is 2.62. The van der Waals surface area contributed by atoms with Gasteiger partial charge in [0.1, 0.15) is 16.8 Å². The number of hydrogen-bond donors (Lipinski definition) is 2. The average Bonchev–Trinajstić information content (AvgIpc) is 2.37. The summed E-state index contributed by atoms with van der Waals surface area (Å²) in [5.74, 6) is 0.792. The van der Waals surface area contributed by atoms with Crippen molar-refractivity contribution < 1.29 is 4.79 Å². The van der Waals surface area contributed by atoms with E-state index in [1.54, 1.807) is 24.3 Å². The smallest absolute Gasteiger partial charge is 0.256 e. The Morgan fingerprint density at radius 2 is 2.05 bits per heavy atom.